The monoisotopic (exact) mass is 410 g/mol. The van der Waals surface area contributed by atoms with Crippen LogP contribution in [-0.4, -0.2) is 35.5 Å². The Kier molecular flexibility index (Phi) is 7.59. The van der Waals surface area contributed by atoms with Crippen LogP contribution in [0.25, 0.3) is 0 Å². The molecule has 0 spiro atoms. The molecule has 0 aliphatic rings. The number of hydrogen-bond acceptors (Lipinski definition) is 6. The van der Waals surface area contributed by atoms with Gasteiger partial charge in [-0.25, -0.2) is 9.78 Å². The molecule has 0 aliphatic carbocycles. The van der Waals surface area contributed by atoms with E-state index in [9.17, 15) is 4.79 Å². The molecule has 3 rings (SSSR count). The molecule has 0 N–H and O–H groups in total. The van der Waals surface area contributed by atoms with Gasteiger partial charge in [-0.05, 0) is 43.7 Å². The molecule has 7 heteroatoms. The fourth-order valence-electron chi connectivity index (χ4n) is 2.88. The number of ether oxygens (including phenoxy) is 4. The summed E-state index contributed by atoms with van der Waals surface area (Å²) in [7, 11) is 1.63. The van der Waals surface area contributed by atoms with Crippen molar-refractivity contribution < 1.29 is 23.7 Å². The summed E-state index contributed by atoms with van der Waals surface area (Å²) < 4.78 is 24.1. The average Bonchev–Trinajstić information content (AvgIpc) is 3.31. The number of nitrogens with zero attached hydrogens (tertiary/aromatic N) is 2. The van der Waals surface area contributed by atoms with Gasteiger partial charge in [-0.3, -0.25) is 0 Å². The summed E-state index contributed by atoms with van der Waals surface area (Å²) in [4.78, 5) is 15.9. The maximum Gasteiger partial charge on any atom is 0.338 e. The number of carbonyl (C=O) groups is 1. The highest BCUT2D eigenvalue weighted by molar-refractivity contribution is 5.89. The van der Waals surface area contributed by atoms with Gasteiger partial charge in [-0.2, -0.15) is 0 Å². The van der Waals surface area contributed by atoms with Crippen LogP contribution in [0.2, 0.25) is 0 Å². The molecule has 0 fully saturated rings. The first-order chi connectivity index (χ1) is 14.6. The quantitative estimate of drug-likeness (QED) is 0.369. The molecule has 0 saturated carbocycles. The molecule has 0 bridgehead atoms. The zero-order valence-corrected chi connectivity index (χ0v) is 17.4. The van der Waals surface area contributed by atoms with E-state index in [1.807, 2.05) is 54.1 Å². The molecule has 0 saturated heterocycles. The van der Waals surface area contributed by atoms with E-state index in [1.165, 1.54) is 0 Å². The Bertz CT molecular complexity index is 908. The maximum absolute atomic E-state index is 11.7. The standard InChI is InChI=1S/C23H26N2O5/c1-4-28-23(26)20-7-5-18(6-8-20)15-29-17(2)30-22(25-14-13-24-16-25)19-9-11-21(27-3)12-10-19/h5-14,16-17,22H,4,15H2,1-3H3. The van der Waals surface area contributed by atoms with Gasteiger partial charge in [0.05, 0.1) is 32.2 Å². The fourth-order valence-corrected chi connectivity index (χ4v) is 2.88. The first kappa shape index (κ1) is 21.5. The molecule has 0 amide bonds. The van der Waals surface area contributed by atoms with Crippen molar-refractivity contribution in [2.45, 2.75) is 33.0 Å². The molecule has 2 atom stereocenters. The summed E-state index contributed by atoms with van der Waals surface area (Å²) >= 11 is 0. The molecular weight excluding hydrogens is 384 g/mol. The third-order valence-electron chi connectivity index (χ3n) is 4.47. The molecule has 0 radical (unpaired) electrons. The Morgan fingerprint density at radius 3 is 2.43 bits per heavy atom. The van der Waals surface area contributed by atoms with Gasteiger partial charge in [0.1, 0.15) is 5.75 Å². The van der Waals surface area contributed by atoms with Gasteiger partial charge in [0.15, 0.2) is 12.5 Å². The highest BCUT2D eigenvalue weighted by Gasteiger charge is 2.18. The fraction of sp³-hybridized carbons (Fsp3) is 0.304. The van der Waals surface area contributed by atoms with E-state index in [0.717, 1.165) is 16.9 Å². The van der Waals surface area contributed by atoms with Crippen LogP contribution in [-0.2, 0) is 20.8 Å². The highest BCUT2D eigenvalue weighted by Crippen LogP contribution is 2.24. The molecule has 1 heterocycles. The maximum atomic E-state index is 11.7. The molecule has 2 unspecified atom stereocenters. The zero-order valence-electron chi connectivity index (χ0n) is 17.4. The normalized spacial score (nSPS) is 12.9. The summed E-state index contributed by atoms with van der Waals surface area (Å²) in [5.74, 6) is 0.447. The molecule has 7 nitrogen and oxygen atoms in total. The number of aromatic nitrogens is 2. The minimum atomic E-state index is -0.482. The van der Waals surface area contributed by atoms with E-state index < -0.39 is 6.29 Å². The lowest BCUT2D eigenvalue weighted by molar-refractivity contribution is -0.175. The SMILES string of the molecule is CCOC(=O)c1ccc(COC(C)OC(c2ccc(OC)cc2)n2ccnc2)cc1. The van der Waals surface area contributed by atoms with Crippen molar-refractivity contribution in [3.8, 4) is 5.75 Å². The molecular formula is C23H26N2O5. The number of hydrogen-bond donors (Lipinski definition) is 0. The Morgan fingerprint density at radius 2 is 1.83 bits per heavy atom. The van der Waals surface area contributed by atoms with Crippen LogP contribution < -0.4 is 4.74 Å². The van der Waals surface area contributed by atoms with Gasteiger partial charge in [0.25, 0.3) is 0 Å². The number of imidazole rings is 1. The minimum Gasteiger partial charge on any atom is -0.497 e. The smallest absolute Gasteiger partial charge is 0.338 e. The van der Waals surface area contributed by atoms with Gasteiger partial charge < -0.3 is 23.5 Å². The van der Waals surface area contributed by atoms with Crippen molar-refractivity contribution in [1.29, 1.82) is 0 Å². The van der Waals surface area contributed by atoms with Crippen LogP contribution in [0.3, 0.4) is 0 Å². The van der Waals surface area contributed by atoms with Crippen molar-refractivity contribution in [3.63, 3.8) is 0 Å². The van der Waals surface area contributed by atoms with Gasteiger partial charge in [-0.1, -0.05) is 24.3 Å². The molecule has 0 aliphatic heterocycles. The molecule has 2 aromatic carbocycles. The van der Waals surface area contributed by atoms with Crippen LogP contribution in [0.4, 0.5) is 0 Å². The number of rotatable bonds is 10. The van der Waals surface area contributed by atoms with Gasteiger partial charge >= 0.3 is 5.97 Å². The van der Waals surface area contributed by atoms with E-state index in [-0.39, 0.29) is 12.2 Å². The number of benzene rings is 2. The summed E-state index contributed by atoms with van der Waals surface area (Å²) in [6.45, 7) is 4.33. The first-order valence-electron chi connectivity index (χ1n) is 9.75. The lowest BCUT2D eigenvalue weighted by atomic mass is 10.1. The third-order valence-corrected chi connectivity index (χ3v) is 4.47. The van der Waals surface area contributed by atoms with Crippen molar-refractivity contribution in [1.82, 2.24) is 9.55 Å². The average molecular weight is 410 g/mol. The third kappa shape index (κ3) is 5.68. The summed E-state index contributed by atoms with van der Waals surface area (Å²) in [6, 6.07) is 14.8. The van der Waals surface area contributed by atoms with Crippen LogP contribution in [0, 0.1) is 0 Å². The molecule has 1 aromatic heterocycles. The van der Waals surface area contributed by atoms with E-state index >= 15 is 0 Å². The first-order valence-corrected chi connectivity index (χ1v) is 9.75. The predicted molar refractivity (Wildman–Crippen MR) is 111 cm³/mol. The summed E-state index contributed by atoms with van der Waals surface area (Å²) in [6.07, 6.45) is 4.38. The number of carbonyl (C=O) groups excluding carboxylic acids is 1. The van der Waals surface area contributed by atoms with Crippen LogP contribution in [0.15, 0.2) is 67.3 Å². The Morgan fingerprint density at radius 1 is 1.10 bits per heavy atom. The van der Waals surface area contributed by atoms with E-state index in [1.54, 1.807) is 38.7 Å². The minimum absolute atomic E-state index is 0.329. The molecule has 30 heavy (non-hydrogen) atoms. The summed E-state index contributed by atoms with van der Waals surface area (Å²) in [5.41, 5.74) is 2.40. The lowest BCUT2D eigenvalue weighted by Crippen LogP contribution is -2.21. The highest BCUT2D eigenvalue weighted by atomic mass is 16.7. The second-order valence-corrected chi connectivity index (χ2v) is 6.57. The van der Waals surface area contributed by atoms with Crippen LogP contribution in [0.5, 0.6) is 5.75 Å². The van der Waals surface area contributed by atoms with Gasteiger partial charge in [0.2, 0.25) is 0 Å². The van der Waals surface area contributed by atoms with Crippen molar-refractivity contribution >= 4 is 5.97 Å². The second kappa shape index (κ2) is 10.6. The van der Waals surface area contributed by atoms with Crippen molar-refractivity contribution in [3.05, 3.63) is 83.9 Å². The predicted octanol–water partition coefficient (Wildman–Crippen LogP) is 4.19. The van der Waals surface area contributed by atoms with Gasteiger partial charge in [0, 0.05) is 18.0 Å². The molecule has 158 valence electrons. The lowest BCUT2D eigenvalue weighted by Gasteiger charge is -2.24. The Hall–Kier alpha value is -3.16. The van der Waals surface area contributed by atoms with Crippen molar-refractivity contribution in [2.24, 2.45) is 0 Å². The van der Waals surface area contributed by atoms with E-state index in [2.05, 4.69) is 4.98 Å². The molecule has 3 aromatic rings. The van der Waals surface area contributed by atoms with Crippen LogP contribution in [0.1, 0.15) is 41.6 Å². The van der Waals surface area contributed by atoms with E-state index in [0.29, 0.717) is 18.8 Å². The van der Waals surface area contributed by atoms with E-state index in [4.69, 9.17) is 18.9 Å². The van der Waals surface area contributed by atoms with Crippen molar-refractivity contribution in [2.75, 3.05) is 13.7 Å². The Labute approximate surface area is 176 Å². The van der Waals surface area contributed by atoms with Gasteiger partial charge in [-0.15, -0.1) is 0 Å². The topological polar surface area (TPSA) is 71.8 Å². The zero-order chi connectivity index (χ0) is 21.3. The second-order valence-electron chi connectivity index (χ2n) is 6.57. The Balaban J connectivity index is 1.62. The number of esters is 1. The van der Waals surface area contributed by atoms with Crippen LogP contribution >= 0.6 is 0 Å². The largest absolute Gasteiger partial charge is 0.497 e. The summed E-state index contributed by atoms with van der Waals surface area (Å²) in [5, 5.41) is 0. The number of methoxy groups -OCH3 is 1.